The van der Waals surface area contributed by atoms with Gasteiger partial charge in [-0.05, 0) is 30.2 Å². The molecule has 3 aromatic rings. The molecule has 1 aromatic heterocycles. The third-order valence-corrected chi connectivity index (χ3v) is 4.92. The van der Waals surface area contributed by atoms with Crippen LogP contribution in [-0.2, 0) is 16.4 Å². The van der Waals surface area contributed by atoms with E-state index >= 15 is 0 Å². The molecule has 4 nitrogen and oxygen atoms in total. The third-order valence-electron chi connectivity index (χ3n) is 3.53. The Balaban J connectivity index is 2.09. The van der Waals surface area contributed by atoms with E-state index in [9.17, 15) is 8.42 Å². The Labute approximate surface area is 129 Å². The third kappa shape index (κ3) is 2.67. The fourth-order valence-corrected chi connectivity index (χ4v) is 3.70. The highest BCUT2D eigenvalue weighted by Crippen LogP contribution is 2.24. The minimum atomic E-state index is -3.69. The summed E-state index contributed by atoms with van der Waals surface area (Å²) >= 11 is 0. The van der Waals surface area contributed by atoms with Crippen molar-refractivity contribution in [1.82, 2.24) is 4.98 Å². The molecule has 2 aromatic carbocycles. The summed E-state index contributed by atoms with van der Waals surface area (Å²) in [6, 6.07) is 16.2. The average molecular weight is 312 g/mol. The molecule has 1 heterocycles. The molecule has 0 aliphatic rings. The predicted octanol–water partition coefficient (Wildman–Crippen LogP) is 3.60. The molecular weight excluding hydrogens is 296 g/mol. The summed E-state index contributed by atoms with van der Waals surface area (Å²) < 4.78 is 28.1. The fourth-order valence-electron chi connectivity index (χ4n) is 2.42. The highest BCUT2D eigenvalue weighted by molar-refractivity contribution is 7.93. The maximum absolute atomic E-state index is 12.7. The second-order valence-electron chi connectivity index (χ2n) is 4.95. The van der Waals surface area contributed by atoms with Gasteiger partial charge < -0.3 is 0 Å². The normalized spacial score (nSPS) is 11.5. The van der Waals surface area contributed by atoms with Gasteiger partial charge in [0.05, 0.1) is 11.2 Å². The number of benzene rings is 2. The van der Waals surface area contributed by atoms with Crippen molar-refractivity contribution in [3.63, 3.8) is 0 Å². The number of fused-ring (bicyclic) bond motifs is 1. The first-order valence-corrected chi connectivity index (χ1v) is 8.54. The minimum absolute atomic E-state index is 0.191. The van der Waals surface area contributed by atoms with Gasteiger partial charge in [-0.3, -0.25) is 9.71 Å². The highest BCUT2D eigenvalue weighted by atomic mass is 32.2. The number of rotatable bonds is 4. The molecule has 1 N–H and O–H groups in total. The molecule has 0 aliphatic heterocycles. The minimum Gasteiger partial charge on any atom is -0.279 e. The van der Waals surface area contributed by atoms with E-state index in [-0.39, 0.29) is 4.90 Å². The maximum atomic E-state index is 12.7. The van der Waals surface area contributed by atoms with E-state index < -0.39 is 10.0 Å². The van der Waals surface area contributed by atoms with Crippen LogP contribution >= 0.6 is 0 Å². The van der Waals surface area contributed by atoms with Crippen molar-refractivity contribution in [3.05, 3.63) is 66.4 Å². The summed E-state index contributed by atoms with van der Waals surface area (Å²) in [6.45, 7) is 1.99. The zero-order valence-corrected chi connectivity index (χ0v) is 13.0. The molecule has 0 radical (unpaired) electrons. The van der Waals surface area contributed by atoms with E-state index in [0.717, 1.165) is 17.4 Å². The van der Waals surface area contributed by atoms with Crippen LogP contribution in [0.1, 0.15) is 12.5 Å². The molecule has 0 fully saturated rings. The van der Waals surface area contributed by atoms with Crippen LogP contribution in [0.5, 0.6) is 0 Å². The van der Waals surface area contributed by atoms with Crippen molar-refractivity contribution in [3.8, 4) is 0 Å². The SMILES string of the molecule is CCc1ccccc1NS(=O)(=O)c1cccc2cccnc12. The number of aryl methyl sites for hydroxylation is 1. The number of nitrogens with one attached hydrogen (secondary N) is 1. The van der Waals surface area contributed by atoms with Gasteiger partial charge in [0.2, 0.25) is 0 Å². The van der Waals surface area contributed by atoms with Crippen LogP contribution in [0, 0.1) is 0 Å². The van der Waals surface area contributed by atoms with Gasteiger partial charge in [0, 0.05) is 11.6 Å². The Bertz CT molecular complexity index is 915. The first-order valence-electron chi connectivity index (χ1n) is 7.06. The van der Waals surface area contributed by atoms with Crippen LogP contribution in [0.15, 0.2) is 65.7 Å². The monoisotopic (exact) mass is 312 g/mol. The second-order valence-corrected chi connectivity index (χ2v) is 6.60. The van der Waals surface area contributed by atoms with Gasteiger partial charge in [0.15, 0.2) is 0 Å². The number of para-hydroxylation sites is 2. The van der Waals surface area contributed by atoms with Crippen molar-refractivity contribution in [2.24, 2.45) is 0 Å². The molecule has 0 amide bonds. The number of hydrogen-bond acceptors (Lipinski definition) is 3. The van der Waals surface area contributed by atoms with Crippen LogP contribution in [0.4, 0.5) is 5.69 Å². The van der Waals surface area contributed by atoms with Gasteiger partial charge >= 0.3 is 0 Å². The number of sulfonamides is 1. The Morgan fingerprint density at radius 3 is 2.59 bits per heavy atom. The van der Waals surface area contributed by atoms with Gasteiger partial charge in [-0.2, -0.15) is 0 Å². The summed E-state index contributed by atoms with van der Waals surface area (Å²) in [5.41, 5.74) is 2.05. The molecule has 22 heavy (non-hydrogen) atoms. The van der Waals surface area contributed by atoms with Crippen molar-refractivity contribution in [2.45, 2.75) is 18.2 Å². The molecule has 0 spiro atoms. The van der Waals surface area contributed by atoms with Crippen LogP contribution in [0.3, 0.4) is 0 Å². The van der Waals surface area contributed by atoms with E-state index in [1.165, 1.54) is 0 Å². The molecule has 0 aliphatic carbocycles. The molecule has 0 saturated carbocycles. The summed E-state index contributed by atoms with van der Waals surface area (Å²) in [4.78, 5) is 4.40. The zero-order valence-electron chi connectivity index (χ0n) is 12.2. The molecule has 5 heteroatoms. The molecule has 0 saturated heterocycles. The van der Waals surface area contributed by atoms with Crippen molar-refractivity contribution < 1.29 is 8.42 Å². The lowest BCUT2D eigenvalue weighted by Crippen LogP contribution is -2.14. The van der Waals surface area contributed by atoms with Gasteiger partial charge in [0.25, 0.3) is 10.0 Å². The highest BCUT2D eigenvalue weighted by Gasteiger charge is 2.19. The lowest BCUT2D eigenvalue weighted by atomic mass is 10.1. The first-order chi connectivity index (χ1) is 10.6. The standard InChI is InChI=1S/C17H16N2O2S/c1-2-13-7-3-4-10-15(13)19-22(20,21)16-11-5-8-14-9-6-12-18-17(14)16/h3-12,19H,2H2,1H3. The summed E-state index contributed by atoms with van der Waals surface area (Å²) in [6.07, 6.45) is 2.35. The van der Waals surface area contributed by atoms with Gasteiger partial charge in [-0.1, -0.05) is 43.3 Å². The van der Waals surface area contributed by atoms with Gasteiger partial charge in [-0.25, -0.2) is 8.42 Å². The number of hydrogen-bond donors (Lipinski definition) is 1. The smallest absolute Gasteiger partial charge is 0.264 e. The molecule has 3 rings (SSSR count). The summed E-state index contributed by atoms with van der Waals surface area (Å²) in [5, 5.41) is 0.800. The lowest BCUT2D eigenvalue weighted by Gasteiger charge is -2.12. The van der Waals surface area contributed by atoms with E-state index in [2.05, 4.69) is 9.71 Å². The van der Waals surface area contributed by atoms with Crippen LogP contribution in [0.2, 0.25) is 0 Å². The van der Waals surface area contributed by atoms with Gasteiger partial charge in [-0.15, -0.1) is 0 Å². The predicted molar refractivity (Wildman–Crippen MR) is 88.4 cm³/mol. The topological polar surface area (TPSA) is 59.1 Å². The Hall–Kier alpha value is -2.40. The largest absolute Gasteiger partial charge is 0.279 e. The Morgan fingerprint density at radius 1 is 1.00 bits per heavy atom. The van der Waals surface area contributed by atoms with E-state index in [4.69, 9.17) is 0 Å². The number of pyridine rings is 1. The van der Waals surface area contributed by atoms with Crippen molar-refractivity contribution >= 4 is 26.6 Å². The van der Waals surface area contributed by atoms with Crippen molar-refractivity contribution in [2.75, 3.05) is 4.72 Å². The lowest BCUT2D eigenvalue weighted by molar-refractivity contribution is 0.602. The van der Waals surface area contributed by atoms with E-state index in [1.54, 1.807) is 30.5 Å². The Morgan fingerprint density at radius 2 is 1.77 bits per heavy atom. The maximum Gasteiger partial charge on any atom is 0.264 e. The number of anilines is 1. The number of nitrogens with zero attached hydrogens (tertiary/aromatic N) is 1. The molecule has 0 bridgehead atoms. The molecule has 0 atom stereocenters. The average Bonchev–Trinajstić information content (AvgIpc) is 2.54. The van der Waals surface area contributed by atoms with Gasteiger partial charge in [0.1, 0.15) is 4.90 Å². The molecule has 0 unspecified atom stereocenters. The zero-order chi connectivity index (χ0) is 15.6. The number of aromatic nitrogens is 1. The van der Waals surface area contributed by atoms with E-state index in [0.29, 0.717) is 11.2 Å². The Kier molecular flexibility index (Phi) is 3.81. The van der Waals surface area contributed by atoms with Crippen LogP contribution in [-0.4, -0.2) is 13.4 Å². The quantitative estimate of drug-likeness (QED) is 0.801. The van der Waals surface area contributed by atoms with E-state index in [1.807, 2.05) is 37.3 Å². The van der Waals surface area contributed by atoms with Crippen molar-refractivity contribution in [1.29, 1.82) is 0 Å². The molecular formula is C17H16N2O2S. The van der Waals surface area contributed by atoms with Crippen LogP contribution in [0.25, 0.3) is 10.9 Å². The van der Waals surface area contributed by atoms with Crippen LogP contribution < -0.4 is 4.72 Å². The second kappa shape index (κ2) is 5.77. The molecule has 112 valence electrons. The summed E-state index contributed by atoms with van der Waals surface area (Å²) in [5.74, 6) is 0. The summed E-state index contributed by atoms with van der Waals surface area (Å²) in [7, 11) is -3.69. The first kappa shape index (κ1) is 14.5. The fraction of sp³-hybridized carbons (Fsp3) is 0.118.